The van der Waals surface area contributed by atoms with Gasteiger partial charge in [0.25, 0.3) is 0 Å². The summed E-state index contributed by atoms with van der Waals surface area (Å²) in [7, 11) is 0. The van der Waals surface area contributed by atoms with Gasteiger partial charge in [-0.15, -0.1) is 0 Å². The summed E-state index contributed by atoms with van der Waals surface area (Å²) in [5, 5.41) is 11.1. The van der Waals surface area contributed by atoms with E-state index in [1.54, 1.807) is 0 Å². The molecule has 1 aliphatic rings. The highest BCUT2D eigenvalue weighted by molar-refractivity contribution is 6.30. The minimum Gasteiger partial charge on any atom is -0.382 e. The normalized spacial score (nSPS) is 22.3. The number of nitrogens with one attached hydrogen (secondary N) is 1. The summed E-state index contributed by atoms with van der Waals surface area (Å²) < 4.78 is 13.0. The molecule has 0 aliphatic carbocycles. The van der Waals surface area contributed by atoms with Crippen molar-refractivity contribution in [2.24, 2.45) is 5.92 Å². The van der Waals surface area contributed by atoms with E-state index in [2.05, 4.69) is 0 Å². The Labute approximate surface area is 147 Å². The number of quaternary nitrogens is 1. The van der Waals surface area contributed by atoms with Gasteiger partial charge in [0, 0.05) is 5.02 Å². The van der Waals surface area contributed by atoms with Gasteiger partial charge < -0.3 is 10.0 Å². The van der Waals surface area contributed by atoms with Crippen molar-refractivity contribution in [2.45, 2.75) is 25.4 Å². The smallest absolute Gasteiger partial charge is 0.128 e. The third-order valence-electron chi connectivity index (χ3n) is 4.99. The molecule has 1 heterocycles. The maximum atomic E-state index is 13.0. The molecule has 1 atom stereocenters. The first kappa shape index (κ1) is 17.4. The maximum absolute atomic E-state index is 13.0. The van der Waals surface area contributed by atoms with Gasteiger partial charge in [0.05, 0.1) is 13.1 Å². The van der Waals surface area contributed by atoms with Gasteiger partial charge in [0.2, 0.25) is 0 Å². The number of hydrogen-bond acceptors (Lipinski definition) is 1. The monoisotopic (exact) mass is 348 g/mol. The van der Waals surface area contributed by atoms with Crippen molar-refractivity contribution in [3.05, 3.63) is 70.5 Å². The standard InChI is InChI=1S/C20H23ClFNO/c21-18-5-3-17(4-6-18)20(24)14-23-11-9-16(10-12-23)13-15-1-7-19(22)8-2-15/h1-8,16,20,24H,9-14H2/p+1/t20-/m1/s1. The Hall–Kier alpha value is -1.42. The molecular weight excluding hydrogens is 325 g/mol. The van der Waals surface area contributed by atoms with Crippen molar-refractivity contribution >= 4 is 11.6 Å². The Kier molecular flexibility index (Phi) is 5.88. The topological polar surface area (TPSA) is 24.7 Å². The predicted octanol–water partition coefficient (Wildman–Crippen LogP) is 3.05. The molecule has 128 valence electrons. The molecule has 1 saturated heterocycles. The quantitative estimate of drug-likeness (QED) is 0.853. The van der Waals surface area contributed by atoms with E-state index in [1.165, 1.54) is 22.6 Å². The number of aliphatic hydroxyl groups is 1. The number of hydrogen-bond donors (Lipinski definition) is 2. The van der Waals surface area contributed by atoms with Crippen LogP contribution in [0.3, 0.4) is 0 Å². The predicted molar refractivity (Wildman–Crippen MR) is 94.8 cm³/mol. The van der Waals surface area contributed by atoms with Crippen molar-refractivity contribution in [2.75, 3.05) is 19.6 Å². The summed E-state index contributed by atoms with van der Waals surface area (Å²) >= 11 is 5.89. The molecule has 0 amide bonds. The average molecular weight is 349 g/mol. The van der Waals surface area contributed by atoms with Crippen LogP contribution in [0.4, 0.5) is 4.39 Å². The molecule has 3 rings (SSSR count). The van der Waals surface area contributed by atoms with E-state index in [0.29, 0.717) is 10.9 Å². The Morgan fingerprint density at radius 2 is 1.67 bits per heavy atom. The molecular formula is C20H24ClFNO+. The summed E-state index contributed by atoms with van der Waals surface area (Å²) in [6.45, 7) is 2.90. The lowest BCUT2D eigenvalue weighted by molar-refractivity contribution is -0.910. The zero-order valence-electron chi connectivity index (χ0n) is 13.7. The Morgan fingerprint density at radius 3 is 2.29 bits per heavy atom. The largest absolute Gasteiger partial charge is 0.382 e. The maximum Gasteiger partial charge on any atom is 0.128 e. The zero-order chi connectivity index (χ0) is 16.9. The Morgan fingerprint density at radius 1 is 1.04 bits per heavy atom. The van der Waals surface area contributed by atoms with Crippen LogP contribution >= 0.6 is 11.6 Å². The molecule has 2 nitrogen and oxygen atoms in total. The number of halogens is 2. The fourth-order valence-electron chi connectivity index (χ4n) is 3.52. The molecule has 2 aromatic carbocycles. The summed E-state index contributed by atoms with van der Waals surface area (Å²) in [6.07, 6.45) is 2.89. The van der Waals surface area contributed by atoms with Crippen LogP contribution in [-0.4, -0.2) is 24.7 Å². The minimum absolute atomic E-state index is 0.172. The number of benzene rings is 2. The number of aliphatic hydroxyl groups excluding tert-OH is 1. The van der Waals surface area contributed by atoms with Crippen LogP contribution in [0.5, 0.6) is 0 Å². The number of piperidine rings is 1. The summed E-state index contributed by atoms with van der Waals surface area (Å²) in [6, 6.07) is 14.3. The van der Waals surface area contributed by atoms with E-state index in [4.69, 9.17) is 11.6 Å². The van der Waals surface area contributed by atoms with Gasteiger partial charge in [-0.1, -0.05) is 35.9 Å². The molecule has 1 fully saturated rings. The second-order valence-electron chi connectivity index (χ2n) is 6.80. The lowest BCUT2D eigenvalue weighted by Gasteiger charge is -2.30. The van der Waals surface area contributed by atoms with E-state index in [1.807, 2.05) is 36.4 Å². The van der Waals surface area contributed by atoms with Crippen LogP contribution < -0.4 is 4.90 Å². The molecule has 0 bridgehead atoms. The SMILES string of the molecule is O[C@H](C[NH+]1CCC(Cc2ccc(F)cc2)CC1)c1ccc(Cl)cc1. The van der Waals surface area contributed by atoms with E-state index in [0.717, 1.165) is 44.5 Å². The van der Waals surface area contributed by atoms with Crippen LogP contribution in [0.1, 0.15) is 30.1 Å². The third-order valence-corrected chi connectivity index (χ3v) is 5.24. The molecule has 0 unspecified atom stereocenters. The van der Waals surface area contributed by atoms with E-state index >= 15 is 0 Å². The molecule has 0 spiro atoms. The molecule has 0 saturated carbocycles. The first-order valence-corrected chi connectivity index (χ1v) is 8.99. The fourth-order valence-corrected chi connectivity index (χ4v) is 3.65. The van der Waals surface area contributed by atoms with Crippen molar-refractivity contribution in [1.82, 2.24) is 0 Å². The molecule has 4 heteroatoms. The molecule has 0 aromatic heterocycles. The molecule has 24 heavy (non-hydrogen) atoms. The van der Waals surface area contributed by atoms with Crippen LogP contribution in [-0.2, 0) is 6.42 Å². The molecule has 2 N–H and O–H groups in total. The highest BCUT2D eigenvalue weighted by Crippen LogP contribution is 2.18. The van der Waals surface area contributed by atoms with Crippen LogP contribution in [0.25, 0.3) is 0 Å². The van der Waals surface area contributed by atoms with Crippen LogP contribution in [0, 0.1) is 11.7 Å². The zero-order valence-corrected chi connectivity index (χ0v) is 14.5. The van der Waals surface area contributed by atoms with Gasteiger partial charge in [-0.25, -0.2) is 4.39 Å². The van der Waals surface area contributed by atoms with Crippen molar-refractivity contribution in [3.63, 3.8) is 0 Å². The first-order valence-electron chi connectivity index (χ1n) is 8.61. The Balaban J connectivity index is 1.46. The second kappa shape index (κ2) is 8.11. The summed E-state index contributed by atoms with van der Waals surface area (Å²) in [5.41, 5.74) is 2.14. The van der Waals surface area contributed by atoms with Gasteiger partial charge in [-0.05, 0) is 60.6 Å². The summed E-state index contributed by atoms with van der Waals surface area (Å²) in [5.74, 6) is 0.487. The fraction of sp³-hybridized carbons (Fsp3) is 0.400. The van der Waals surface area contributed by atoms with Gasteiger partial charge in [0.15, 0.2) is 0 Å². The second-order valence-corrected chi connectivity index (χ2v) is 7.23. The van der Waals surface area contributed by atoms with Gasteiger partial charge >= 0.3 is 0 Å². The minimum atomic E-state index is -0.439. The van der Waals surface area contributed by atoms with Gasteiger partial charge in [-0.3, -0.25) is 0 Å². The van der Waals surface area contributed by atoms with Crippen molar-refractivity contribution in [3.8, 4) is 0 Å². The van der Waals surface area contributed by atoms with E-state index in [9.17, 15) is 9.50 Å². The molecule has 2 aromatic rings. The first-order chi connectivity index (χ1) is 11.6. The van der Waals surface area contributed by atoms with E-state index in [-0.39, 0.29) is 5.82 Å². The molecule has 1 aliphatic heterocycles. The van der Waals surface area contributed by atoms with Crippen LogP contribution in [0.15, 0.2) is 48.5 Å². The van der Waals surface area contributed by atoms with Crippen molar-refractivity contribution in [1.29, 1.82) is 0 Å². The molecule has 0 radical (unpaired) electrons. The van der Waals surface area contributed by atoms with Gasteiger partial charge in [0.1, 0.15) is 18.5 Å². The van der Waals surface area contributed by atoms with Crippen molar-refractivity contribution < 1.29 is 14.4 Å². The number of likely N-dealkylation sites (tertiary alicyclic amines) is 1. The van der Waals surface area contributed by atoms with E-state index < -0.39 is 6.10 Å². The highest BCUT2D eigenvalue weighted by Gasteiger charge is 2.24. The average Bonchev–Trinajstić information content (AvgIpc) is 2.59. The lowest BCUT2D eigenvalue weighted by atomic mass is 9.90. The Bertz CT molecular complexity index is 636. The third kappa shape index (κ3) is 4.79. The number of rotatable bonds is 5. The lowest BCUT2D eigenvalue weighted by Crippen LogP contribution is -3.13. The highest BCUT2D eigenvalue weighted by atomic mass is 35.5. The summed E-state index contributed by atoms with van der Waals surface area (Å²) in [4.78, 5) is 1.45. The van der Waals surface area contributed by atoms with Gasteiger partial charge in [-0.2, -0.15) is 0 Å². The van der Waals surface area contributed by atoms with Crippen LogP contribution in [0.2, 0.25) is 5.02 Å².